The van der Waals surface area contributed by atoms with E-state index in [1.54, 1.807) is 0 Å². The first-order valence-electron chi connectivity index (χ1n) is 20.5. The largest absolute Gasteiger partial charge is 2.00 e. The summed E-state index contributed by atoms with van der Waals surface area (Å²) in [6.07, 6.45) is 0. The van der Waals surface area contributed by atoms with Crippen LogP contribution in [0, 0.1) is 43.2 Å². The van der Waals surface area contributed by atoms with E-state index in [1.807, 2.05) is 42.5 Å². The summed E-state index contributed by atoms with van der Waals surface area (Å²) in [5.74, 6) is 1.83. The molecule has 0 atom stereocenters. The molecule has 0 fully saturated rings. The molecule has 0 saturated carbocycles. The van der Waals surface area contributed by atoms with Gasteiger partial charge in [-0.3, -0.25) is 0 Å². The van der Waals surface area contributed by atoms with Crippen LogP contribution >= 0.6 is 0 Å². The van der Waals surface area contributed by atoms with Gasteiger partial charge < -0.3 is 4.98 Å². The molecule has 62 heavy (non-hydrogen) atoms. The van der Waals surface area contributed by atoms with Gasteiger partial charge in [0, 0.05) is 32.9 Å². The number of benzene rings is 10. The molecule has 0 unspecified atom stereocenters. The van der Waals surface area contributed by atoms with Crippen LogP contribution in [0.2, 0.25) is 0 Å². The van der Waals surface area contributed by atoms with Crippen LogP contribution in [0.5, 0.6) is 0 Å². The van der Waals surface area contributed by atoms with Crippen molar-refractivity contribution in [2.24, 2.45) is 0 Å². The number of H-pyrrole nitrogens is 1. The standard InChI is InChI=1S/C57H34N4.U/c1-2-11-39(12-3-1)55-59-56(61-57(60-55)44-30-32-51-50-19-8-9-20-53(50)58-54(51)35-44)40-27-25-37(26-28-40)36-21-23-38(24-22-36)41-13-10-14-42(33-41)43-29-31-49-47-17-5-4-15-45(47)46-16-6-7-18-48(46)52(49)34-43;/h1-21,23-25,27-35,58H;/q-2;+2. The molecule has 286 valence electrons. The van der Waals surface area contributed by atoms with Crippen LogP contribution in [-0.2, 0) is 0 Å². The number of fused-ring (bicyclic) bond motifs is 9. The minimum atomic E-state index is 0. The molecule has 4 nitrogen and oxygen atoms in total. The van der Waals surface area contributed by atoms with Gasteiger partial charge in [0.15, 0.2) is 11.6 Å². The van der Waals surface area contributed by atoms with Gasteiger partial charge in [-0.1, -0.05) is 157 Å². The molecule has 0 bridgehead atoms. The first-order chi connectivity index (χ1) is 30.2. The van der Waals surface area contributed by atoms with Gasteiger partial charge in [-0.05, 0) is 61.6 Å². The van der Waals surface area contributed by atoms with E-state index >= 15 is 0 Å². The molecule has 0 aliphatic carbocycles. The van der Waals surface area contributed by atoms with Crippen molar-refractivity contribution in [2.45, 2.75) is 0 Å². The topological polar surface area (TPSA) is 54.5 Å². The Labute approximate surface area is 382 Å². The second-order valence-corrected chi connectivity index (χ2v) is 15.5. The summed E-state index contributed by atoms with van der Waals surface area (Å²) in [6.45, 7) is 0. The minimum absolute atomic E-state index is 0. The van der Waals surface area contributed by atoms with E-state index in [0.29, 0.717) is 17.5 Å². The molecule has 0 saturated heterocycles. The van der Waals surface area contributed by atoms with Crippen molar-refractivity contribution in [2.75, 3.05) is 0 Å². The SMILES string of the molecule is [U+2].[c-]1cc(-c2cccc(-c3ccc4c5ccccc5c5ccccc5c4c3)c2)ccc1-c1[c-]cc(-c2nc(-c3ccccc3)nc(-c3ccc4c(c3)[nH]c3ccccc34)n2)cc1. The molecule has 1 N–H and O–H groups in total. The number of para-hydroxylation sites is 1. The molecule has 12 aromatic rings. The molecule has 2 heterocycles. The number of hydrogen-bond acceptors (Lipinski definition) is 3. The fourth-order valence-corrected chi connectivity index (χ4v) is 8.81. The summed E-state index contributed by atoms with van der Waals surface area (Å²) in [6, 6.07) is 77.4. The van der Waals surface area contributed by atoms with Crippen LogP contribution in [0.1, 0.15) is 0 Å². The second-order valence-electron chi connectivity index (χ2n) is 15.5. The van der Waals surface area contributed by atoms with E-state index in [-0.39, 0.29) is 31.1 Å². The van der Waals surface area contributed by atoms with E-state index in [0.717, 1.165) is 50.0 Å². The Morgan fingerprint density at radius 1 is 0.290 bits per heavy atom. The van der Waals surface area contributed by atoms with Gasteiger partial charge in [-0.25, -0.2) is 26.1 Å². The zero-order valence-corrected chi connectivity index (χ0v) is 37.6. The van der Waals surface area contributed by atoms with E-state index in [1.165, 1.54) is 54.2 Å². The Balaban J connectivity index is 0.00000432. The van der Waals surface area contributed by atoms with Gasteiger partial charge in [0.25, 0.3) is 0 Å². The smallest absolute Gasteiger partial charge is 0.354 e. The summed E-state index contributed by atoms with van der Waals surface area (Å²) in [5.41, 5.74) is 11.4. The van der Waals surface area contributed by atoms with E-state index < -0.39 is 0 Å². The van der Waals surface area contributed by atoms with Gasteiger partial charge in [0.2, 0.25) is 0 Å². The fourth-order valence-electron chi connectivity index (χ4n) is 8.81. The normalized spacial score (nSPS) is 11.4. The Kier molecular flexibility index (Phi) is 9.58. The average molecular weight is 1010 g/mol. The zero-order chi connectivity index (χ0) is 40.3. The Morgan fingerprint density at radius 2 is 0.742 bits per heavy atom. The number of hydrogen-bond donors (Lipinski definition) is 1. The second kappa shape index (κ2) is 15.7. The Morgan fingerprint density at radius 3 is 1.40 bits per heavy atom. The molecule has 0 aliphatic heterocycles. The summed E-state index contributed by atoms with van der Waals surface area (Å²) in [4.78, 5) is 18.5. The number of nitrogens with one attached hydrogen (secondary N) is 1. The minimum Gasteiger partial charge on any atom is -0.354 e. The van der Waals surface area contributed by atoms with Crippen molar-refractivity contribution in [1.82, 2.24) is 19.9 Å². The first-order valence-corrected chi connectivity index (χ1v) is 20.5. The molecule has 0 spiro atoms. The number of aromatic nitrogens is 4. The summed E-state index contributed by atoms with van der Waals surface area (Å²) >= 11 is 0. The monoisotopic (exact) mass is 1010 g/mol. The Bertz CT molecular complexity index is 3600. The molecule has 0 amide bonds. The molecule has 0 radical (unpaired) electrons. The molecule has 0 aliphatic rings. The maximum atomic E-state index is 5.01. The van der Waals surface area contributed by atoms with Gasteiger partial charge in [0.05, 0.1) is 0 Å². The third kappa shape index (κ3) is 6.68. The predicted molar refractivity (Wildman–Crippen MR) is 252 cm³/mol. The van der Waals surface area contributed by atoms with Crippen LogP contribution in [0.25, 0.3) is 122 Å². The van der Waals surface area contributed by atoms with Gasteiger partial charge in [-0.2, -0.15) is 24.3 Å². The number of aromatic amines is 1. The summed E-state index contributed by atoms with van der Waals surface area (Å²) in [5, 5.41) is 10.1. The van der Waals surface area contributed by atoms with Crippen molar-refractivity contribution >= 4 is 54.1 Å². The Hall–Kier alpha value is -7.16. The maximum absolute atomic E-state index is 5.01. The van der Waals surface area contributed by atoms with Crippen molar-refractivity contribution in [3.05, 3.63) is 212 Å². The average Bonchev–Trinajstić information content (AvgIpc) is 3.72. The van der Waals surface area contributed by atoms with E-state index in [4.69, 9.17) is 15.0 Å². The quantitative estimate of drug-likeness (QED) is 0.133. The van der Waals surface area contributed by atoms with Gasteiger partial charge in [-0.15, -0.1) is 29.8 Å². The summed E-state index contributed by atoms with van der Waals surface area (Å²) in [7, 11) is 0. The van der Waals surface area contributed by atoms with Crippen LogP contribution in [0.3, 0.4) is 0 Å². The van der Waals surface area contributed by atoms with Crippen molar-refractivity contribution in [1.29, 1.82) is 0 Å². The van der Waals surface area contributed by atoms with Crippen LogP contribution in [0.4, 0.5) is 0 Å². The predicted octanol–water partition coefficient (Wildman–Crippen LogP) is 14.6. The van der Waals surface area contributed by atoms with E-state index in [2.05, 4.69) is 175 Å². The third-order valence-electron chi connectivity index (χ3n) is 11.9. The van der Waals surface area contributed by atoms with E-state index in [9.17, 15) is 0 Å². The van der Waals surface area contributed by atoms with Crippen LogP contribution in [0.15, 0.2) is 200 Å². The molecule has 10 aromatic carbocycles. The first kappa shape index (κ1) is 37.8. The number of nitrogens with zero attached hydrogens (tertiary/aromatic N) is 3. The van der Waals surface area contributed by atoms with Gasteiger partial charge in [0.1, 0.15) is 5.82 Å². The third-order valence-corrected chi connectivity index (χ3v) is 11.9. The van der Waals surface area contributed by atoms with Gasteiger partial charge >= 0.3 is 31.1 Å². The van der Waals surface area contributed by atoms with Crippen LogP contribution in [-0.4, -0.2) is 19.9 Å². The van der Waals surface area contributed by atoms with Crippen molar-refractivity contribution < 1.29 is 31.1 Å². The molecule has 5 heteroatoms. The maximum Gasteiger partial charge on any atom is 2.00 e. The zero-order valence-electron chi connectivity index (χ0n) is 33.4. The fraction of sp³-hybridized carbons (Fsp3) is 0. The molecular formula is C57H34N4U. The molecular weight excluding hydrogens is 979 g/mol. The molecule has 12 rings (SSSR count). The number of rotatable bonds is 6. The van der Waals surface area contributed by atoms with Crippen molar-refractivity contribution in [3.8, 4) is 67.5 Å². The van der Waals surface area contributed by atoms with Crippen molar-refractivity contribution in [3.63, 3.8) is 0 Å². The van der Waals surface area contributed by atoms with Crippen LogP contribution < -0.4 is 0 Å². The molecule has 2 aromatic heterocycles. The summed E-state index contributed by atoms with van der Waals surface area (Å²) < 4.78 is 0.